The molecule has 0 saturated heterocycles. The molecule has 0 aliphatic rings. The Kier molecular flexibility index (Phi) is 6.39. The third-order valence-corrected chi connectivity index (χ3v) is 3.18. The van der Waals surface area contributed by atoms with Gasteiger partial charge in [0.1, 0.15) is 6.10 Å². The van der Waals surface area contributed by atoms with Crippen molar-refractivity contribution in [3.05, 3.63) is 30.4 Å². The molecule has 2 N–H and O–H groups in total. The molecule has 2 atom stereocenters. The molecule has 1 aromatic rings. The van der Waals surface area contributed by atoms with E-state index in [4.69, 9.17) is 19.9 Å². The lowest BCUT2D eigenvalue weighted by molar-refractivity contribution is 0.240. The van der Waals surface area contributed by atoms with Crippen LogP contribution >= 0.6 is 0 Å². The van der Waals surface area contributed by atoms with Crippen LogP contribution in [0.5, 0.6) is 17.2 Å². The molecule has 4 heteroatoms. The molecule has 0 spiro atoms. The van der Waals surface area contributed by atoms with Crippen molar-refractivity contribution >= 4 is 0 Å². The quantitative estimate of drug-likeness (QED) is 0.743. The van der Waals surface area contributed by atoms with Gasteiger partial charge in [0.15, 0.2) is 11.5 Å². The molecule has 0 aliphatic carbocycles. The maximum Gasteiger partial charge on any atom is 0.204 e. The second-order valence-corrected chi connectivity index (χ2v) is 4.76. The van der Waals surface area contributed by atoms with E-state index < -0.39 is 0 Å². The van der Waals surface area contributed by atoms with Crippen LogP contribution in [0.2, 0.25) is 0 Å². The lowest BCUT2D eigenvalue weighted by Crippen LogP contribution is -2.21. The largest absolute Gasteiger partial charge is 0.493 e. The van der Waals surface area contributed by atoms with Gasteiger partial charge in [0.25, 0.3) is 0 Å². The van der Waals surface area contributed by atoms with Crippen LogP contribution in [0.1, 0.15) is 25.8 Å². The number of hydrogen-bond donors (Lipinski definition) is 1. The van der Waals surface area contributed by atoms with Crippen molar-refractivity contribution in [2.75, 3.05) is 14.2 Å². The fourth-order valence-corrected chi connectivity index (χ4v) is 1.85. The molecule has 1 aromatic carbocycles. The molecular formula is C16H25NO3. The lowest BCUT2D eigenvalue weighted by atomic mass is 10.0. The summed E-state index contributed by atoms with van der Waals surface area (Å²) in [5.74, 6) is 1.89. The van der Waals surface area contributed by atoms with Crippen molar-refractivity contribution in [3.8, 4) is 17.2 Å². The number of hydrogen-bond acceptors (Lipinski definition) is 4. The van der Waals surface area contributed by atoms with Crippen molar-refractivity contribution < 1.29 is 14.2 Å². The standard InChI is InChI=1S/C16H25NO3/c1-6-11(3)20-16-14(18-4)9-12(8-13(17)7-2)10-15(16)19-5/h6,9-11,13H,1,7-8,17H2,2-5H3. The lowest BCUT2D eigenvalue weighted by Gasteiger charge is -2.19. The van der Waals surface area contributed by atoms with Crippen LogP contribution in [0.3, 0.4) is 0 Å². The molecule has 4 nitrogen and oxygen atoms in total. The van der Waals surface area contributed by atoms with Gasteiger partial charge in [-0.2, -0.15) is 0 Å². The number of rotatable bonds is 8. The molecule has 0 fully saturated rings. The minimum Gasteiger partial charge on any atom is -0.493 e. The maximum atomic E-state index is 6.00. The molecule has 1 rings (SSSR count). The Balaban J connectivity index is 3.13. The second kappa shape index (κ2) is 7.80. The van der Waals surface area contributed by atoms with E-state index in [1.807, 2.05) is 19.1 Å². The van der Waals surface area contributed by atoms with E-state index in [1.54, 1.807) is 20.3 Å². The van der Waals surface area contributed by atoms with E-state index in [0.717, 1.165) is 18.4 Å². The minimum atomic E-state index is -0.124. The molecule has 2 unspecified atom stereocenters. The van der Waals surface area contributed by atoms with Crippen LogP contribution in [0.15, 0.2) is 24.8 Å². The van der Waals surface area contributed by atoms with Crippen LogP contribution in [0.4, 0.5) is 0 Å². The first-order valence-electron chi connectivity index (χ1n) is 6.85. The topological polar surface area (TPSA) is 53.7 Å². The van der Waals surface area contributed by atoms with E-state index in [0.29, 0.717) is 17.2 Å². The smallest absolute Gasteiger partial charge is 0.204 e. The monoisotopic (exact) mass is 279 g/mol. The Hall–Kier alpha value is -1.68. The predicted octanol–water partition coefficient (Wildman–Crippen LogP) is 2.94. The van der Waals surface area contributed by atoms with Crippen molar-refractivity contribution in [2.24, 2.45) is 5.73 Å². The summed E-state index contributed by atoms with van der Waals surface area (Å²) in [6, 6.07) is 4.02. The Morgan fingerprint density at radius 1 is 1.25 bits per heavy atom. The fraction of sp³-hybridized carbons (Fsp3) is 0.500. The van der Waals surface area contributed by atoms with Gasteiger partial charge in [-0.3, -0.25) is 0 Å². The van der Waals surface area contributed by atoms with Gasteiger partial charge in [-0.05, 0) is 37.5 Å². The normalized spacial score (nSPS) is 13.4. The fourth-order valence-electron chi connectivity index (χ4n) is 1.85. The van der Waals surface area contributed by atoms with Gasteiger partial charge in [-0.25, -0.2) is 0 Å². The van der Waals surface area contributed by atoms with Crippen LogP contribution in [-0.2, 0) is 6.42 Å². The van der Waals surface area contributed by atoms with E-state index >= 15 is 0 Å². The van der Waals surface area contributed by atoms with Gasteiger partial charge in [-0.15, -0.1) is 0 Å². The van der Waals surface area contributed by atoms with Gasteiger partial charge < -0.3 is 19.9 Å². The highest BCUT2D eigenvalue weighted by molar-refractivity contribution is 5.54. The van der Waals surface area contributed by atoms with E-state index in [-0.39, 0.29) is 12.1 Å². The average molecular weight is 279 g/mol. The molecule has 20 heavy (non-hydrogen) atoms. The summed E-state index contributed by atoms with van der Waals surface area (Å²) in [6.07, 6.45) is 3.30. The van der Waals surface area contributed by atoms with Gasteiger partial charge in [0, 0.05) is 6.04 Å². The highest BCUT2D eigenvalue weighted by Crippen LogP contribution is 2.39. The van der Waals surface area contributed by atoms with Crippen LogP contribution in [0.25, 0.3) is 0 Å². The van der Waals surface area contributed by atoms with Crippen molar-refractivity contribution in [1.29, 1.82) is 0 Å². The Bertz CT molecular complexity index is 420. The number of nitrogens with two attached hydrogens (primary N) is 1. The predicted molar refractivity (Wildman–Crippen MR) is 81.8 cm³/mol. The zero-order valence-electron chi connectivity index (χ0n) is 12.8. The molecule has 0 radical (unpaired) electrons. The summed E-state index contributed by atoms with van der Waals surface area (Å²) >= 11 is 0. The molecule has 0 amide bonds. The van der Waals surface area contributed by atoms with Crippen molar-refractivity contribution in [3.63, 3.8) is 0 Å². The summed E-state index contributed by atoms with van der Waals surface area (Å²) in [6.45, 7) is 7.69. The van der Waals surface area contributed by atoms with Crippen LogP contribution < -0.4 is 19.9 Å². The minimum absolute atomic E-state index is 0.124. The summed E-state index contributed by atoms with van der Waals surface area (Å²) < 4.78 is 16.6. The molecule has 0 aliphatic heterocycles. The molecule has 0 bridgehead atoms. The summed E-state index contributed by atoms with van der Waals surface area (Å²) in [4.78, 5) is 0. The summed E-state index contributed by atoms with van der Waals surface area (Å²) in [7, 11) is 3.23. The van der Waals surface area contributed by atoms with Gasteiger partial charge in [0.05, 0.1) is 14.2 Å². The van der Waals surface area contributed by atoms with Gasteiger partial charge in [-0.1, -0.05) is 19.6 Å². The Morgan fingerprint density at radius 3 is 2.20 bits per heavy atom. The van der Waals surface area contributed by atoms with Crippen molar-refractivity contribution in [1.82, 2.24) is 0 Å². The third-order valence-electron chi connectivity index (χ3n) is 3.18. The highest BCUT2D eigenvalue weighted by atomic mass is 16.5. The Labute approximate surface area is 121 Å². The summed E-state index contributed by atoms with van der Waals surface area (Å²) in [5.41, 5.74) is 7.08. The van der Waals surface area contributed by atoms with E-state index in [1.165, 1.54) is 0 Å². The highest BCUT2D eigenvalue weighted by Gasteiger charge is 2.16. The van der Waals surface area contributed by atoms with E-state index in [2.05, 4.69) is 13.5 Å². The molecule has 112 valence electrons. The first-order valence-corrected chi connectivity index (χ1v) is 6.85. The molecular weight excluding hydrogens is 254 g/mol. The second-order valence-electron chi connectivity index (χ2n) is 4.76. The van der Waals surface area contributed by atoms with E-state index in [9.17, 15) is 0 Å². The average Bonchev–Trinajstić information content (AvgIpc) is 2.47. The zero-order chi connectivity index (χ0) is 15.1. The van der Waals surface area contributed by atoms with Crippen LogP contribution in [-0.4, -0.2) is 26.4 Å². The Morgan fingerprint density at radius 2 is 1.80 bits per heavy atom. The summed E-state index contributed by atoms with van der Waals surface area (Å²) in [5, 5.41) is 0. The number of methoxy groups -OCH3 is 2. The molecule has 0 aromatic heterocycles. The van der Waals surface area contributed by atoms with Gasteiger partial charge >= 0.3 is 0 Å². The maximum absolute atomic E-state index is 6.00. The SMILES string of the molecule is C=CC(C)Oc1c(OC)cc(CC(N)CC)cc1OC. The number of ether oxygens (including phenoxy) is 3. The first-order chi connectivity index (χ1) is 9.55. The first kappa shape index (κ1) is 16.4. The number of benzene rings is 1. The zero-order valence-corrected chi connectivity index (χ0v) is 12.8. The molecule has 0 heterocycles. The third kappa shape index (κ3) is 4.17. The van der Waals surface area contributed by atoms with Crippen molar-refractivity contribution in [2.45, 2.75) is 38.8 Å². The van der Waals surface area contributed by atoms with Crippen LogP contribution in [0, 0.1) is 0 Å². The molecule has 0 saturated carbocycles. The van der Waals surface area contributed by atoms with Gasteiger partial charge in [0.2, 0.25) is 5.75 Å².